The highest BCUT2D eigenvalue weighted by atomic mass is 28.2. The van der Waals surface area contributed by atoms with E-state index in [1.54, 1.807) is 6.20 Å². The summed E-state index contributed by atoms with van der Waals surface area (Å²) in [6.45, 7) is 0. The van der Waals surface area contributed by atoms with Crippen molar-refractivity contribution in [3.05, 3.63) is 18.5 Å². The summed E-state index contributed by atoms with van der Waals surface area (Å²) in [5.74, 6) is 0. The average molecular weight is 98.2 g/mol. The van der Waals surface area contributed by atoms with Crippen LogP contribution in [0.3, 0.4) is 0 Å². The van der Waals surface area contributed by atoms with Gasteiger partial charge in [0.15, 0.2) is 0 Å². The highest BCUT2D eigenvalue weighted by molar-refractivity contribution is 6.05. The molecule has 3 heteroatoms. The predicted molar refractivity (Wildman–Crippen MR) is 27.6 cm³/mol. The van der Waals surface area contributed by atoms with Gasteiger partial charge in [-0.2, -0.15) is 5.10 Å². The van der Waals surface area contributed by atoms with Crippen LogP contribution < -0.4 is 0 Å². The van der Waals surface area contributed by atoms with Gasteiger partial charge in [0.1, 0.15) is 10.4 Å². The second kappa shape index (κ2) is 1.26. The van der Waals surface area contributed by atoms with Crippen LogP contribution in [0.25, 0.3) is 0 Å². The predicted octanol–water partition coefficient (Wildman–Crippen LogP) is -0.988. The van der Waals surface area contributed by atoms with Crippen molar-refractivity contribution in [2.45, 2.75) is 0 Å². The maximum absolute atomic E-state index is 3.90. The molecule has 0 saturated carbocycles. The average Bonchev–Trinajstić information content (AvgIpc) is 1.86. The van der Waals surface area contributed by atoms with Gasteiger partial charge in [0.2, 0.25) is 0 Å². The van der Waals surface area contributed by atoms with Crippen molar-refractivity contribution < 1.29 is 0 Å². The Morgan fingerprint density at radius 1 is 1.67 bits per heavy atom. The van der Waals surface area contributed by atoms with Gasteiger partial charge in [-0.05, 0) is 6.07 Å². The molecule has 0 N–H and O–H groups in total. The zero-order valence-corrected chi connectivity index (χ0v) is 5.63. The van der Waals surface area contributed by atoms with E-state index in [1.165, 1.54) is 0 Å². The molecule has 6 heavy (non-hydrogen) atoms. The molecule has 2 nitrogen and oxygen atoms in total. The van der Waals surface area contributed by atoms with E-state index >= 15 is 0 Å². The minimum absolute atomic E-state index is 1.00. The van der Waals surface area contributed by atoms with Crippen LogP contribution in [-0.4, -0.2) is 19.9 Å². The Morgan fingerprint density at radius 2 is 2.50 bits per heavy atom. The summed E-state index contributed by atoms with van der Waals surface area (Å²) in [6, 6.07) is 1.92. The van der Waals surface area contributed by atoms with E-state index in [9.17, 15) is 0 Å². The first-order valence-electron chi connectivity index (χ1n) is 1.83. The third-order valence-corrected chi connectivity index (χ3v) is 1.17. The minimum Gasteiger partial charge on any atom is -0.312 e. The summed E-state index contributed by atoms with van der Waals surface area (Å²) in [7, 11) is 1.00. The minimum atomic E-state index is 1.00. The maximum Gasteiger partial charge on any atom is 0.138 e. The topological polar surface area (TPSA) is 17.8 Å². The molecule has 0 aliphatic carbocycles. The molecule has 0 aliphatic heterocycles. The molecule has 0 radical (unpaired) electrons. The first kappa shape index (κ1) is 3.61. The van der Waals surface area contributed by atoms with E-state index in [2.05, 4.69) is 5.10 Å². The lowest BCUT2D eigenvalue weighted by molar-refractivity contribution is 0.992. The van der Waals surface area contributed by atoms with Gasteiger partial charge in [0.25, 0.3) is 0 Å². The van der Waals surface area contributed by atoms with Crippen molar-refractivity contribution in [3.8, 4) is 0 Å². The lowest BCUT2D eigenvalue weighted by atomic mass is 10.8. The molecule has 0 amide bonds. The van der Waals surface area contributed by atoms with Crippen LogP contribution >= 0.6 is 0 Å². The van der Waals surface area contributed by atoms with E-state index in [4.69, 9.17) is 0 Å². The third-order valence-electron chi connectivity index (χ3n) is 0.637. The van der Waals surface area contributed by atoms with Gasteiger partial charge >= 0.3 is 0 Å². The summed E-state index contributed by atoms with van der Waals surface area (Å²) < 4.78 is 1.89. The fraction of sp³-hybridized carbons (Fsp3) is 0. The highest BCUT2D eigenvalue weighted by Gasteiger charge is 1.69. The largest absolute Gasteiger partial charge is 0.312 e. The first-order valence-corrected chi connectivity index (χ1v) is 2.72. The highest BCUT2D eigenvalue weighted by Crippen LogP contribution is 1.72. The molecule has 0 saturated heterocycles. The molecule has 0 fully saturated rings. The Bertz CT molecular complexity index is 112. The van der Waals surface area contributed by atoms with Gasteiger partial charge in [0.05, 0.1) is 0 Å². The SMILES string of the molecule is [SiH3]n1cccn1. The van der Waals surface area contributed by atoms with Crippen LogP contribution in [0.15, 0.2) is 18.5 Å². The molecule has 1 heterocycles. The van der Waals surface area contributed by atoms with Crippen molar-refractivity contribution in [1.29, 1.82) is 0 Å². The molecule has 0 unspecified atom stereocenters. The molecule has 0 aromatic carbocycles. The van der Waals surface area contributed by atoms with Crippen LogP contribution in [0.4, 0.5) is 0 Å². The van der Waals surface area contributed by atoms with E-state index in [0.717, 1.165) is 10.4 Å². The summed E-state index contributed by atoms with van der Waals surface area (Å²) in [5, 5.41) is 3.90. The fourth-order valence-electron chi connectivity index (χ4n) is 0.345. The third kappa shape index (κ3) is 0.489. The second-order valence-electron chi connectivity index (χ2n) is 1.18. The molecule has 1 aromatic heterocycles. The van der Waals surface area contributed by atoms with Gasteiger partial charge in [-0.25, -0.2) is 0 Å². The lowest BCUT2D eigenvalue weighted by Gasteiger charge is -1.77. The normalized spacial score (nSPS) is 9.33. The van der Waals surface area contributed by atoms with Crippen LogP contribution in [0.5, 0.6) is 0 Å². The van der Waals surface area contributed by atoms with Gasteiger partial charge < -0.3 is 4.35 Å². The molecular weight excluding hydrogens is 92.1 g/mol. The smallest absolute Gasteiger partial charge is 0.138 e. The molecular formula is C3H6N2Si. The van der Waals surface area contributed by atoms with Crippen LogP contribution in [-0.2, 0) is 0 Å². The zero-order chi connectivity index (χ0) is 4.41. The van der Waals surface area contributed by atoms with E-state index in [0.29, 0.717) is 0 Å². The summed E-state index contributed by atoms with van der Waals surface area (Å²) >= 11 is 0. The summed E-state index contributed by atoms with van der Waals surface area (Å²) in [6.07, 6.45) is 3.74. The van der Waals surface area contributed by atoms with Crippen molar-refractivity contribution in [2.24, 2.45) is 0 Å². The Kier molecular flexibility index (Phi) is 0.758. The van der Waals surface area contributed by atoms with Crippen molar-refractivity contribution in [3.63, 3.8) is 0 Å². The molecule has 0 bridgehead atoms. The van der Waals surface area contributed by atoms with E-state index in [-0.39, 0.29) is 0 Å². The molecule has 0 spiro atoms. The van der Waals surface area contributed by atoms with Crippen molar-refractivity contribution in [2.75, 3.05) is 0 Å². The molecule has 0 aliphatic rings. The number of nitrogens with zero attached hydrogens (tertiary/aromatic N) is 2. The lowest BCUT2D eigenvalue weighted by Crippen LogP contribution is -1.87. The van der Waals surface area contributed by atoms with E-state index < -0.39 is 0 Å². The van der Waals surface area contributed by atoms with Gasteiger partial charge in [-0.15, -0.1) is 0 Å². The summed E-state index contributed by atoms with van der Waals surface area (Å²) in [5.41, 5.74) is 0. The quantitative estimate of drug-likeness (QED) is 0.381. The van der Waals surface area contributed by atoms with Crippen molar-refractivity contribution >= 4 is 10.4 Å². The molecule has 0 atom stereocenters. The second-order valence-corrected chi connectivity index (χ2v) is 2.10. The van der Waals surface area contributed by atoms with Crippen LogP contribution in [0.1, 0.15) is 0 Å². The number of aromatic nitrogens is 2. The standard InChI is InChI=1S/C3H6N2Si/c6-5-3-1-2-4-5/h1-3H,6H3. The van der Waals surface area contributed by atoms with Crippen LogP contribution in [0, 0.1) is 0 Å². The molecule has 1 aromatic rings. The Morgan fingerprint density at radius 3 is 2.67 bits per heavy atom. The Hall–Kier alpha value is -0.573. The van der Waals surface area contributed by atoms with Gasteiger partial charge in [-0.3, -0.25) is 0 Å². The monoisotopic (exact) mass is 98.0 g/mol. The number of hydrogen-bond acceptors (Lipinski definition) is 1. The van der Waals surface area contributed by atoms with E-state index in [1.807, 2.05) is 16.6 Å². The maximum atomic E-state index is 3.90. The zero-order valence-electron chi connectivity index (χ0n) is 3.63. The van der Waals surface area contributed by atoms with Gasteiger partial charge in [0, 0.05) is 12.4 Å². The molecule has 32 valence electrons. The number of hydrogen-bond donors (Lipinski definition) is 0. The summed E-state index contributed by atoms with van der Waals surface area (Å²) in [4.78, 5) is 0. The first-order chi connectivity index (χ1) is 2.89. The van der Waals surface area contributed by atoms with Crippen LogP contribution in [0.2, 0.25) is 0 Å². The fourth-order valence-corrected chi connectivity index (χ4v) is 0.651. The Balaban J connectivity index is 3.05. The van der Waals surface area contributed by atoms with Crippen molar-refractivity contribution in [1.82, 2.24) is 9.45 Å². The van der Waals surface area contributed by atoms with Gasteiger partial charge in [-0.1, -0.05) is 0 Å². The molecule has 1 rings (SSSR count). The Labute approximate surface area is 39.3 Å². The number of rotatable bonds is 0.